The first-order chi connectivity index (χ1) is 15.9. The van der Waals surface area contributed by atoms with E-state index in [4.69, 9.17) is 4.74 Å². The lowest BCUT2D eigenvalue weighted by Crippen LogP contribution is -2.54. The van der Waals surface area contributed by atoms with E-state index in [1.807, 2.05) is 47.9 Å². The van der Waals surface area contributed by atoms with Gasteiger partial charge in [0.1, 0.15) is 0 Å². The molecular weight excluding hydrogens is 438 g/mol. The molecule has 1 N–H and O–H groups in total. The summed E-state index contributed by atoms with van der Waals surface area (Å²) < 4.78 is 4.98. The van der Waals surface area contributed by atoms with Gasteiger partial charge in [-0.25, -0.2) is 9.59 Å². The van der Waals surface area contributed by atoms with Gasteiger partial charge in [0.25, 0.3) is 5.91 Å². The summed E-state index contributed by atoms with van der Waals surface area (Å²) in [6.45, 7) is 5.97. The van der Waals surface area contributed by atoms with E-state index in [-0.39, 0.29) is 22.8 Å². The van der Waals surface area contributed by atoms with E-state index in [1.165, 1.54) is 0 Å². The Morgan fingerprint density at radius 1 is 1.03 bits per heavy atom. The van der Waals surface area contributed by atoms with Crippen molar-refractivity contribution in [3.63, 3.8) is 0 Å². The first-order valence-electron chi connectivity index (χ1n) is 11.3. The molecule has 0 aromatic heterocycles. The Hall–Kier alpha value is -3.00. The first-order valence-corrected chi connectivity index (χ1v) is 12.3. The van der Waals surface area contributed by atoms with Crippen molar-refractivity contribution in [2.45, 2.75) is 31.6 Å². The Kier molecular flexibility index (Phi) is 6.93. The number of ether oxygens (including phenoxy) is 1. The second-order valence-electron chi connectivity index (χ2n) is 8.34. The normalized spacial score (nSPS) is 17.2. The maximum atomic E-state index is 13.2. The Labute approximate surface area is 198 Å². The number of likely N-dealkylation sites (tertiary alicyclic amines) is 1. The molecule has 33 heavy (non-hydrogen) atoms. The lowest BCUT2D eigenvalue weighted by Gasteiger charge is -2.44. The summed E-state index contributed by atoms with van der Waals surface area (Å²) in [7, 11) is 0. The van der Waals surface area contributed by atoms with Gasteiger partial charge in [0.15, 0.2) is 0 Å². The summed E-state index contributed by atoms with van der Waals surface area (Å²) >= 11 is 1.83. The van der Waals surface area contributed by atoms with Crippen LogP contribution in [0.4, 0.5) is 10.5 Å². The fourth-order valence-electron chi connectivity index (χ4n) is 4.41. The predicted octanol–water partition coefficient (Wildman–Crippen LogP) is 4.38. The van der Waals surface area contributed by atoms with Crippen molar-refractivity contribution in [3.8, 4) is 0 Å². The summed E-state index contributed by atoms with van der Waals surface area (Å²) in [6.07, 6.45) is 1.48. The molecule has 0 saturated carbocycles. The van der Waals surface area contributed by atoms with Gasteiger partial charge in [0.2, 0.25) is 0 Å². The molecule has 2 aliphatic rings. The molecule has 8 heteroatoms. The molecule has 2 fully saturated rings. The summed E-state index contributed by atoms with van der Waals surface area (Å²) in [5.74, 6) is 0.607. The number of thioether (sulfide) groups is 1. The first kappa shape index (κ1) is 23.2. The number of hydrogen-bond acceptors (Lipinski definition) is 5. The van der Waals surface area contributed by atoms with E-state index in [0.29, 0.717) is 30.9 Å². The highest BCUT2D eigenvalue weighted by molar-refractivity contribution is 8.00. The molecule has 3 amide bonds. The number of esters is 1. The zero-order valence-corrected chi connectivity index (χ0v) is 19.8. The van der Waals surface area contributed by atoms with Crippen molar-refractivity contribution in [1.29, 1.82) is 0 Å². The lowest BCUT2D eigenvalue weighted by molar-refractivity contribution is 0.0525. The van der Waals surface area contributed by atoms with E-state index in [1.54, 1.807) is 36.1 Å². The number of piperidine rings is 1. The molecule has 0 radical (unpaired) electrons. The van der Waals surface area contributed by atoms with Gasteiger partial charge in [-0.3, -0.25) is 4.79 Å². The van der Waals surface area contributed by atoms with Gasteiger partial charge in [-0.1, -0.05) is 17.7 Å². The van der Waals surface area contributed by atoms with Crippen LogP contribution in [0.3, 0.4) is 0 Å². The Morgan fingerprint density at radius 3 is 2.42 bits per heavy atom. The van der Waals surface area contributed by atoms with Crippen molar-refractivity contribution >= 4 is 35.4 Å². The highest BCUT2D eigenvalue weighted by atomic mass is 32.2. The van der Waals surface area contributed by atoms with Crippen LogP contribution in [0, 0.1) is 6.92 Å². The quantitative estimate of drug-likeness (QED) is 0.675. The molecule has 2 heterocycles. The van der Waals surface area contributed by atoms with E-state index >= 15 is 0 Å². The number of carbonyl (C=O) groups excluding carboxylic acids is 3. The number of benzene rings is 2. The average molecular weight is 468 g/mol. The largest absolute Gasteiger partial charge is 0.462 e. The van der Waals surface area contributed by atoms with Gasteiger partial charge in [-0.2, -0.15) is 0 Å². The number of carbonyl (C=O) groups is 3. The van der Waals surface area contributed by atoms with Crippen LogP contribution in [-0.4, -0.2) is 64.6 Å². The Balaban J connectivity index is 1.36. The topological polar surface area (TPSA) is 79.0 Å². The lowest BCUT2D eigenvalue weighted by atomic mass is 10.0. The molecule has 2 aromatic carbocycles. The van der Waals surface area contributed by atoms with Gasteiger partial charge in [-0.15, -0.1) is 11.8 Å². The van der Waals surface area contributed by atoms with Crippen molar-refractivity contribution in [2.75, 3.05) is 37.3 Å². The van der Waals surface area contributed by atoms with Crippen LogP contribution in [-0.2, 0) is 4.74 Å². The Bertz CT molecular complexity index is 1030. The molecule has 174 valence electrons. The van der Waals surface area contributed by atoms with Crippen LogP contribution in [0.25, 0.3) is 0 Å². The third-order valence-electron chi connectivity index (χ3n) is 6.17. The number of nitrogens with one attached hydrogen (secondary N) is 1. The fourth-order valence-corrected chi connectivity index (χ4v) is 5.86. The Morgan fingerprint density at radius 2 is 1.76 bits per heavy atom. The molecule has 0 aliphatic carbocycles. The summed E-state index contributed by atoms with van der Waals surface area (Å²) in [6, 6.07) is 14.2. The molecule has 4 rings (SSSR count). The number of aryl methyl sites for hydroxylation is 1. The number of hydrogen-bond donors (Lipinski definition) is 1. The van der Waals surface area contributed by atoms with Crippen LogP contribution in [0.1, 0.15) is 46.0 Å². The molecule has 0 unspecified atom stereocenters. The van der Waals surface area contributed by atoms with Crippen molar-refractivity contribution in [2.24, 2.45) is 0 Å². The molecule has 2 aromatic rings. The summed E-state index contributed by atoms with van der Waals surface area (Å²) in [4.78, 5) is 41.4. The number of anilines is 1. The van der Waals surface area contributed by atoms with Gasteiger partial charge in [0, 0.05) is 36.6 Å². The number of urea groups is 1. The highest BCUT2D eigenvalue weighted by Gasteiger charge is 2.47. The minimum Gasteiger partial charge on any atom is -0.462 e. The van der Waals surface area contributed by atoms with Crippen LogP contribution in [0.2, 0.25) is 0 Å². The highest BCUT2D eigenvalue weighted by Crippen LogP contribution is 2.44. The maximum absolute atomic E-state index is 13.2. The zero-order valence-electron chi connectivity index (χ0n) is 19.0. The van der Waals surface area contributed by atoms with E-state index in [0.717, 1.165) is 36.3 Å². The van der Waals surface area contributed by atoms with Crippen molar-refractivity contribution in [1.82, 2.24) is 9.80 Å². The molecular formula is C25H29N3O4S. The minimum absolute atomic E-state index is 0.0725. The third-order valence-corrected chi connectivity index (χ3v) is 7.72. The van der Waals surface area contributed by atoms with Gasteiger partial charge < -0.3 is 19.9 Å². The fraction of sp³-hybridized carbons (Fsp3) is 0.400. The minimum atomic E-state index is -0.379. The molecule has 0 atom stereocenters. The van der Waals surface area contributed by atoms with Gasteiger partial charge in [0.05, 0.1) is 17.0 Å². The second kappa shape index (κ2) is 9.87. The van der Waals surface area contributed by atoms with Crippen LogP contribution in [0.5, 0.6) is 0 Å². The van der Waals surface area contributed by atoms with E-state index in [2.05, 4.69) is 5.32 Å². The standard InChI is InChI=1S/C25H29N3O4S/c1-3-32-23(30)19-7-9-21(10-8-19)26-24(31)27-13-11-25(12-14-27)28(15-16-33-25)22(29)20-6-4-5-18(2)17-20/h4-10,17H,3,11-16H2,1-2H3,(H,26,31). The van der Waals surface area contributed by atoms with E-state index < -0.39 is 0 Å². The maximum Gasteiger partial charge on any atom is 0.338 e. The number of nitrogens with zero attached hydrogens (tertiary/aromatic N) is 2. The van der Waals surface area contributed by atoms with Crippen LogP contribution < -0.4 is 5.32 Å². The average Bonchev–Trinajstić information content (AvgIpc) is 3.22. The molecule has 0 bridgehead atoms. The third kappa shape index (κ3) is 5.00. The number of rotatable bonds is 4. The predicted molar refractivity (Wildman–Crippen MR) is 130 cm³/mol. The summed E-state index contributed by atoms with van der Waals surface area (Å²) in [5, 5.41) is 2.90. The molecule has 2 saturated heterocycles. The smallest absolute Gasteiger partial charge is 0.338 e. The van der Waals surface area contributed by atoms with Gasteiger partial charge in [-0.05, 0) is 63.1 Å². The van der Waals surface area contributed by atoms with Gasteiger partial charge >= 0.3 is 12.0 Å². The van der Waals surface area contributed by atoms with Crippen LogP contribution in [0.15, 0.2) is 48.5 Å². The SMILES string of the molecule is CCOC(=O)c1ccc(NC(=O)N2CCC3(CC2)SCCN3C(=O)c2cccc(C)c2)cc1. The molecule has 2 aliphatic heterocycles. The second-order valence-corrected chi connectivity index (χ2v) is 9.79. The van der Waals surface area contributed by atoms with E-state index in [9.17, 15) is 14.4 Å². The zero-order chi connectivity index (χ0) is 23.4. The molecule has 1 spiro atoms. The van der Waals surface area contributed by atoms with Crippen molar-refractivity contribution < 1.29 is 19.1 Å². The monoisotopic (exact) mass is 467 g/mol. The summed E-state index contributed by atoms with van der Waals surface area (Å²) in [5.41, 5.74) is 2.87. The molecule has 7 nitrogen and oxygen atoms in total. The number of amides is 3. The van der Waals surface area contributed by atoms with Crippen LogP contribution >= 0.6 is 11.8 Å². The van der Waals surface area contributed by atoms with Crippen molar-refractivity contribution in [3.05, 3.63) is 65.2 Å².